The van der Waals surface area contributed by atoms with E-state index in [0.717, 1.165) is 0 Å². The van der Waals surface area contributed by atoms with Crippen LogP contribution in [0.3, 0.4) is 0 Å². The molecule has 28 heavy (non-hydrogen) atoms. The van der Waals surface area contributed by atoms with Crippen molar-refractivity contribution in [2.45, 2.75) is 24.8 Å². The molecule has 0 saturated carbocycles. The number of carbonyl (C=O) groups is 2. The fourth-order valence-electron chi connectivity index (χ4n) is 2.26. The van der Waals surface area contributed by atoms with Crippen LogP contribution in [0.4, 0.5) is 17.6 Å². The van der Waals surface area contributed by atoms with Gasteiger partial charge in [0.2, 0.25) is 0 Å². The predicted molar refractivity (Wildman–Crippen MR) is 88.1 cm³/mol. The number of hydrogen-bond donors (Lipinski definition) is 4. The third-order valence-corrected chi connectivity index (χ3v) is 3.89. The molecule has 0 radical (unpaired) electrons. The van der Waals surface area contributed by atoms with Gasteiger partial charge >= 0.3 is 12.1 Å². The van der Waals surface area contributed by atoms with E-state index >= 15 is 0 Å². The Morgan fingerprint density at radius 2 is 1.96 bits per heavy atom. The van der Waals surface area contributed by atoms with Gasteiger partial charge in [-0.3, -0.25) is 9.89 Å². The van der Waals surface area contributed by atoms with Crippen LogP contribution >= 0.6 is 0 Å². The molecule has 0 bridgehead atoms. The van der Waals surface area contributed by atoms with Crippen LogP contribution in [-0.4, -0.2) is 51.4 Å². The summed E-state index contributed by atoms with van der Waals surface area (Å²) in [6, 6.07) is 6.37. The molecule has 2 aromatic rings. The van der Waals surface area contributed by atoms with Crippen molar-refractivity contribution in [2.24, 2.45) is 0 Å². The molecule has 1 atom stereocenters. The number of aromatic nitrogens is 3. The van der Waals surface area contributed by atoms with Gasteiger partial charge in [0.15, 0.2) is 5.67 Å². The predicted octanol–water partition coefficient (Wildman–Crippen LogP) is 1.70. The molecular weight excluding hydrogens is 386 g/mol. The average Bonchev–Trinajstić information content (AvgIpc) is 3.14. The van der Waals surface area contributed by atoms with Gasteiger partial charge in [0.1, 0.15) is 12.2 Å². The standard InChI is InChI=1S/C14H16FN5O.C2HF3O2/c1-9(12-17-8-18-20-12)19-13(21)10-3-2-4-11(5-10)14(15)6-16-7-14;3-2(4,5)1(6)7/h2-5,8-9,16H,6-7H2,1H3,(H,19,21)(H,17,18,20);(H,6,7). The van der Waals surface area contributed by atoms with Crippen molar-refractivity contribution >= 4 is 11.9 Å². The molecule has 12 heteroatoms. The van der Waals surface area contributed by atoms with Gasteiger partial charge in [-0.1, -0.05) is 12.1 Å². The third-order valence-electron chi connectivity index (χ3n) is 3.89. The lowest BCUT2D eigenvalue weighted by molar-refractivity contribution is -0.192. The summed E-state index contributed by atoms with van der Waals surface area (Å²) in [5, 5.41) is 19.3. The largest absolute Gasteiger partial charge is 0.490 e. The number of carbonyl (C=O) groups excluding carboxylic acids is 1. The Bertz CT molecular complexity index is 822. The zero-order valence-electron chi connectivity index (χ0n) is 14.5. The van der Waals surface area contributed by atoms with E-state index < -0.39 is 17.8 Å². The van der Waals surface area contributed by atoms with Crippen LogP contribution in [0.2, 0.25) is 0 Å². The second-order valence-electron chi connectivity index (χ2n) is 6.02. The Labute approximate surface area is 156 Å². The highest BCUT2D eigenvalue weighted by molar-refractivity contribution is 5.94. The molecule has 152 valence electrons. The molecule has 1 aliphatic heterocycles. The number of H-pyrrole nitrogens is 1. The normalized spacial score (nSPS) is 16.2. The second kappa shape index (κ2) is 8.33. The fourth-order valence-corrected chi connectivity index (χ4v) is 2.26. The van der Waals surface area contributed by atoms with Crippen LogP contribution in [0.25, 0.3) is 0 Å². The van der Waals surface area contributed by atoms with Crippen LogP contribution in [0.15, 0.2) is 30.6 Å². The number of carboxylic acid groups (broad SMARTS) is 1. The first-order chi connectivity index (χ1) is 13.0. The summed E-state index contributed by atoms with van der Waals surface area (Å²) >= 11 is 0. The number of rotatable bonds is 4. The number of hydrogen-bond acceptors (Lipinski definition) is 5. The monoisotopic (exact) mass is 403 g/mol. The van der Waals surface area contributed by atoms with Crippen molar-refractivity contribution in [3.63, 3.8) is 0 Å². The highest BCUT2D eigenvalue weighted by Gasteiger charge is 2.39. The minimum Gasteiger partial charge on any atom is -0.475 e. The second-order valence-corrected chi connectivity index (χ2v) is 6.02. The van der Waals surface area contributed by atoms with Crippen LogP contribution in [0.5, 0.6) is 0 Å². The zero-order chi connectivity index (χ0) is 20.9. The number of halogens is 4. The first-order valence-electron chi connectivity index (χ1n) is 7.99. The molecule has 4 N–H and O–H groups in total. The van der Waals surface area contributed by atoms with Crippen LogP contribution < -0.4 is 10.6 Å². The van der Waals surface area contributed by atoms with E-state index in [1.165, 1.54) is 6.33 Å². The van der Waals surface area contributed by atoms with Gasteiger partial charge in [0, 0.05) is 18.7 Å². The van der Waals surface area contributed by atoms with Gasteiger partial charge < -0.3 is 15.7 Å². The summed E-state index contributed by atoms with van der Waals surface area (Å²) < 4.78 is 46.1. The van der Waals surface area contributed by atoms with Gasteiger partial charge in [0.25, 0.3) is 5.91 Å². The van der Waals surface area contributed by atoms with Crippen LogP contribution in [0, 0.1) is 0 Å². The quantitative estimate of drug-likeness (QED) is 0.577. The maximum atomic E-state index is 14.4. The minimum atomic E-state index is -5.08. The van der Waals surface area contributed by atoms with E-state index in [1.54, 1.807) is 31.2 Å². The van der Waals surface area contributed by atoms with Gasteiger partial charge in [0.05, 0.1) is 6.04 Å². The van der Waals surface area contributed by atoms with Crippen molar-refractivity contribution in [1.29, 1.82) is 0 Å². The van der Waals surface area contributed by atoms with Gasteiger partial charge in [-0.25, -0.2) is 14.2 Å². The highest BCUT2D eigenvalue weighted by atomic mass is 19.4. The SMILES string of the molecule is CC(NC(=O)c1cccc(C2(F)CNC2)c1)c1ncn[nH]1.O=C(O)C(F)(F)F. The molecule has 2 heterocycles. The number of amides is 1. The number of nitrogens with zero attached hydrogens (tertiary/aromatic N) is 2. The number of aliphatic carboxylic acids is 1. The van der Waals surface area contributed by atoms with Crippen LogP contribution in [-0.2, 0) is 10.5 Å². The summed E-state index contributed by atoms with van der Waals surface area (Å²) in [5.74, 6) is -2.45. The van der Waals surface area contributed by atoms with Crippen molar-refractivity contribution in [3.8, 4) is 0 Å². The number of carboxylic acids is 1. The summed E-state index contributed by atoms with van der Waals surface area (Å²) in [6.45, 7) is 2.37. The minimum absolute atomic E-state index is 0.267. The Kier molecular flexibility index (Phi) is 6.33. The molecule has 0 aliphatic carbocycles. The van der Waals surface area contributed by atoms with Gasteiger partial charge in [-0.2, -0.15) is 18.3 Å². The molecule has 1 aliphatic rings. The molecule has 1 unspecified atom stereocenters. The maximum Gasteiger partial charge on any atom is 0.490 e. The number of nitrogens with one attached hydrogen (secondary N) is 3. The summed E-state index contributed by atoms with van der Waals surface area (Å²) in [6.07, 6.45) is -3.70. The van der Waals surface area contributed by atoms with Gasteiger partial charge in [-0.15, -0.1) is 0 Å². The van der Waals surface area contributed by atoms with E-state index in [0.29, 0.717) is 17.0 Å². The van der Waals surface area contributed by atoms with E-state index in [9.17, 15) is 22.4 Å². The molecule has 1 fully saturated rings. The van der Waals surface area contributed by atoms with E-state index in [4.69, 9.17) is 9.90 Å². The topological polar surface area (TPSA) is 120 Å². The highest BCUT2D eigenvalue weighted by Crippen LogP contribution is 2.30. The van der Waals surface area contributed by atoms with Crippen molar-refractivity contribution in [2.75, 3.05) is 13.1 Å². The molecular formula is C16H17F4N5O3. The Morgan fingerprint density at radius 3 is 2.43 bits per heavy atom. The zero-order valence-corrected chi connectivity index (χ0v) is 14.5. The smallest absolute Gasteiger partial charge is 0.475 e. The first kappa shape index (κ1) is 21.3. The molecule has 1 amide bonds. The van der Waals surface area contributed by atoms with Crippen molar-refractivity contribution < 1.29 is 32.3 Å². The number of benzene rings is 1. The third kappa shape index (κ3) is 5.25. The maximum absolute atomic E-state index is 14.4. The Balaban J connectivity index is 0.000000345. The Morgan fingerprint density at radius 1 is 1.32 bits per heavy atom. The van der Waals surface area contributed by atoms with Gasteiger partial charge in [-0.05, 0) is 24.6 Å². The molecule has 1 aromatic carbocycles. The fraction of sp³-hybridized carbons (Fsp3) is 0.375. The van der Waals surface area contributed by atoms with E-state index in [2.05, 4.69) is 25.8 Å². The number of alkyl halides is 4. The van der Waals surface area contributed by atoms with Crippen molar-refractivity contribution in [1.82, 2.24) is 25.8 Å². The summed E-state index contributed by atoms with van der Waals surface area (Å²) in [7, 11) is 0. The lowest BCUT2D eigenvalue weighted by atomic mass is 9.89. The van der Waals surface area contributed by atoms with E-state index in [1.807, 2.05) is 0 Å². The van der Waals surface area contributed by atoms with Crippen LogP contribution in [0.1, 0.15) is 34.7 Å². The lowest BCUT2D eigenvalue weighted by Crippen LogP contribution is -2.53. The number of aromatic amines is 1. The molecule has 8 nitrogen and oxygen atoms in total. The van der Waals surface area contributed by atoms with Crippen molar-refractivity contribution in [3.05, 3.63) is 47.5 Å². The summed E-state index contributed by atoms with van der Waals surface area (Å²) in [5.41, 5.74) is -0.406. The average molecular weight is 403 g/mol. The molecule has 1 saturated heterocycles. The molecule has 3 rings (SSSR count). The first-order valence-corrected chi connectivity index (χ1v) is 7.99. The summed E-state index contributed by atoms with van der Waals surface area (Å²) in [4.78, 5) is 25.1. The lowest BCUT2D eigenvalue weighted by Gasteiger charge is -2.35. The Hall–Kier alpha value is -3.02. The molecule has 1 aromatic heterocycles. The molecule has 0 spiro atoms. The van der Waals surface area contributed by atoms with E-state index in [-0.39, 0.29) is 25.0 Å².